The molecule has 0 aliphatic heterocycles. The fourth-order valence-corrected chi connectivity index (χ4v) is 3.56. The van der Waals surface area contributed by atoms with E-state index in [1.165, 1.54) is 29.8 Å². The standard InChI is InChI=1S/C20H18ClFN2O3/c1-10(19(26)23-3)16-11(2)24(14-7-8-15(25)18(22)17(14)16)20(27)12-5-4-6-13(21)9-12/h4-10,25H,1-3H3,(H,23,26)/t10-/m1/s1. The van der Waals surface area contributed by atoms with Crippen molar-refractivity contribution in [2.75, 3.05) is 7.05 Å². The van der Waals surface area contributed by atoms with Gasteiger partial charge in [0.2, 0.25) is 5.91 Å². The fourth-order valence-electron chi connectivity index (χ4n) is 3.37. The van der Waals surface area contributed by atoms with E-state index in [4.69, 9.17) is 11.6 Å². The first-order chi connectivity index (χ1) is 12.8. The number of benzene rings is 2. The van der Waals surface area contributed by atoms with Gasteiger partial charge < -0.3 is 10.4 Å². The van der Waals surface area contributed by atoms with Crippen molar-refractivity contribution < 1.29 is 19.1 Å². The van der Waals surface area contributed by atoms with Crippen LogP contribution >= 0.6 is 11.6 Å². The average Bonchev–Trinajstić information content (AvgIpc) is 2.95. The van der Waals surface area contributed by atoms with Gasteiger partial charge in [0.15, 0.2) is 11.6 Å². The molecular formula is C20H18ClFN2O3. The molecule has 1 amide bonds. The number of nitrogens with zero attached hydrogens (tertiary/aromatic N) is 1. The Kier molecular flexibility index (Phi) is 4.93. The summed E-state index contributed by atoms with van der Waals surface area (Å²) in [5.41, 5.74) is 1.39. The van der Waals surface area contributed by atoms with E-state index in [-0.39, 0.29) is 16.8 Å². The van der Waals surface area contributed by atoms with E-state index in [1.807, 2.05) is 0 Å². The van der Waals surface area contributed by atoms with Gasteiger partial charge in [-0.05, 0) is 49.7 Å². The van der Waals surface area contributed by atoms with Crippen LogP contribution in [0.5, 0.6) is 5.75 Å². The van der Waals surface area contributed by atoms with Gasteiger partial charge in [-0.25, -0.2) is 4.39 Å². The third kappa shape index (κ3) is 3.06. The number of phenols is 1. The molecule has 0 saturated heterocycles. The zero-order valence-corrected chi connectivity index (χ0v) is 15.8. The molecule has 27 heavy (non-hydrogen) atoms. The Labute approximate surface area is 160 Å². The van der Waals surface area contributed by atoms with Crippen LogP contribution in [0.3, 0.4) is 0 Å². The summed E-state index contributed by atoms with van der Waals surface area (Å²) in [6.45, 7) is 3.27. The van der Waals surface area contributed by atoms with Gasteiger partial charge in [0.1, 0.15) is 0 Å². The Hall–Kier alpha value is -2.86. The summed E-state index contributed by atoms with van der Waals surface area (Å²) >= 11 is 5.99. The normalized spacial score (nSPS) is 12.2. The number of nitrogens with one attached hydrogen (secondary N) is 1. The Morgan fingerprint density at radius 2 is 1.96 bits per heavy atom. The van der Waals surface area contributed by atoms with Gasteiger partial charge in [-0.2, -0.15) is 0 Å². The van der Waals surface area contributed by atoms with Crippen LogP contribution in [-0.4, -0.2) is 28.5 Å². The number of carbonyl (C=O) groups is 2. The molecule has 2 aromatic carbocycles. The van der Waals surface area contributed by atoms with E-state index < -0.39 is 23.4 Å². The predicted molar refractivity (Wildman–Crippen MR) is 102 cm³/mol. The molecule has 5 nitrogen and oxygen atoms in total. The number of hydrogen-bond donors (Lipinski definition) is 2. The lowest BCUT2D eigenvalue weighted by Crippen LogP contribution is -2.24. The van der Waals surface area contributed by atoms with Crippen molar-refractivity contribution in [1.29, 1.82) is 0 Å². The lowest BCUT2D eigenvalue weighted by molar-refractivity contribution is -0.121. The van der Waals surface area contributed by atoms with E-state index >= 15 is 0 Å². The minimum Gasteiger partial charge on any atom is -0.505 e. The van der Waals surface area contributed by atoms with Gasteiger partial charge in [-0.1, -0.05) is 17.7 Å². The van der Waals surface area contributed by atoms with Crippen molar-refractivity contribution in [3.8, 4) is 5.75 Å². The number of halogens is 2. The molecule has 3 aromatic rings. The highest BCUT2D eigenvalue weighted by atomic mass is 35.5. The van der Waals surface area contributed by atoms with Crippen LogP contribution in [0.2, 0.25) is 5.02 Å². The first-order valence-corrected chi connectivity index (χ1v) is 8.70. The van der Waals surface area contributed by atoms with Gasteiger partial charge in [-0.3, -0.25) is 14.2 Å². The fraction of sp³-hybridized carbons (Fsp3) is 0.200. The molecule has 3 rings (SSSR count). The number of carbonyl (C=O) groups excluding carboxylic acids is 2. The van der Waals surface area contributed by atoms with Crippen molar-refractivity contribution in [3.05, 3.63) is 64.1 Å². The SMILES string of the molecule is CNC(=O)[C@H](C)c1c(C)n(C(=O)c2cccc(Cl)c2)c2ccc(O)c(F)c12. The smallest absolute Gasteiger partial charge is 0.262 e. The summed E-state index contributed by atoms with van der Waals surface area (Å²) in [6, 6.07) is 9.08. The van der Waals surface area contributed by atoms with E-state index in [9.17, 15) is 19.1 Å². The molecule has 0 saturated carbocycles. The number of fused-ring (bicyclic) bond motifs is 1. The average molecular weight is 389 g/mol. The molecule has 0 spiro atoms. The van der Waals surface area contributed by atoms with E-state index in [0.29, 0.717) is 21.8 Å². The van der Waals surface area contributed by atoms with Crippen LogP contribution in [0.4, 0.5) is 4.39 Å². The molecule has 140 valence electrons. The molecule has 7 heteroatoms. The molecule has 0 unspecified atom stereocenters. The van der Waals surface area contributed by atoms with Gasteiger partial charge in [0.05, 0.1) is 11.4 Å². The summed E-state index contributed by atoms with van der Waals surface area (Å²) in [4.78, 5) is 25.3. The summed E-state index contributed by atoms with van der Waals surface area (Å²) in [6.07, 6.45) is 0. The topological polar surface area (TPSA) is 71.3 Å². The van der Waals surface area contributed by atoms with Crippen molar-refractivity contribution in [1.82, 2.24) is 9.88 Å². The number of phenolic OH excluding ortho intramolecular Hbond substituents is 1. The maximum absolute atomic E-state index is 14.8. The molecule has 0 bridgehead atoms. The highest BCUT2D eigenvalue weighted by Crippen LogP contribution is 2.37. The molecule has 2 N–H and O–H groups in total. The van der Waals surface area contributed by atoms with Crippen LogP contribution in [0.25, 0.3) is 10.9 Å². The third-order valence-electron chi connectivity index (χ3n) is 4.68. The molecule has 1 atom stereocenters. The van der Waals surface area contributed by atoms with Gasteiger partial charge in [0.25, 0.3) is 5.91 Å². The zero-order valence-electron chi connectivity index (χ0n) is 15.0. The molecule has 1 aromatic heterocycles. The van der Waals surface area contributed by atoms with Crippen molar-refractivity contribution in [3.63, 3.8) is 0 Å². The number of likely N-dealkylation sites (N-methyl/N-ethyl adjacent to an activating group) is 1. The zero-order chi connectivity index (χ0) is 19.9. The third-order valence-corrected chi connectivity index (χ3v) is 4.92. The van der Waals surface area contributed by atoms with Gasteiger partial charge in [-0.15, -0.1) is 0 Å². The number of hydrogen-bond acceptors (Lipinski definition) is 3. The second-order valence-electron chi connectivity index (χ2n) is 6.28. The monoisotopic (exact) mass is 388 g/mol. The van der Waals surface area contributed by atoms with E-state index in [1.54, 1.807) is 32.0 Å². The van der Waals surface area contributed by atoms with Crippen LogP contribution < -0.4 is 5.32 Å². The molecule has 0 aliphatic rings. The summed E-state index contributed by atoms with van der Waals surface area (Å²) < 4.78 is 16.1. The van der Waals surface area contributed by atoms with Crippen LogP contribution in [-0.2, 0) is 4.79 Å². The number of rotatable bonds is 3. The van der Waals surface area contributed by atoms with E-state index in [0.717, 1.165) is 0 Å². The van der Waals surface area contributed by atoms with E-state index in [2.05, 4.69) is 5.32 Å². The number of amides is 1. The van der Waals surface area contributed by atoms with Crippen molar-refractivity contribution >= 4 is 34.3 Å². The van der Waals surface area contributed by atoms with Gasteiger partial charge in [0, 0.05) is 28.7 Å². The van der Waals surface area contributed by atoms with Crippen molar-refractivity contribution in [2.24, 2.45) is 0 Å². The number of aromatic hydroxyl groups is 1. The first-order valence-electron chi connectivity index (χ1n) is 8.32. The Morgan fingerprint density at radius 3 is 2.59 bits per heavy atom. The lowest BCUT2D eigenvalue weighted by atomic mass is 9.96. The summed E-state index contributed by atoms with van der Waals surface area (Å²) in [5.74, 6) is -2.85. The number of aromatic nitrogens is 1. The van der Waals surface area contributed by atoms with Crippen LogP contribution in [0.15, 0.2) is 36.4 Å². The Balaban J connectivity index is 2.34. The summed E-state index contributed by atoms with van der Waals surface area (Å²) in [5, 5.41) is 12.8. The summed E-state index contributed by atoms with van der Waals surface area (Å²) in [7, 11) is 1.48. The molecular weight excluding hydrogens is 371 g/mol. The minimum atomic E-state index is -0.862. The van der Waals surface area contributed by atoms with Crippen LogP contribution in [0.1, 0.15) is 34.5 Å². The largest absolute Gasteiger partial charge is 0.505 e. The Bertz CT molecular complexity index is 1070. The molecule has 1 heterocycles. The van der Waals surface area contributed by atoms with Crippen molar-refractivity contribution in [2.45, 2.75) is 19.8 Å². The second-order valence-corrected chi connectivity index (χ2v) is 6.72. The minimum absolute atomic E-state index is 0.0546. The second kappa shape index (κ2) is 7.04. The van der Waals surface area contributed by atoms with Gasteiger partial charge >= 0.3 is 0 Å². The Morgan fingerprint density at radius 1 is 1.26 bits per heavy atom. The quantitative estimate of drug-likeness (QED) is 0.712. The molecule has 0 aliphatic carbocycles. The molecule has 0 radical (unpaired) electrons. The predicted octanol–water partition coefficient (Wildman–Crippen LogP) is 3.99. The highest BCUT2D eigenvalue weighted by molar-refractivity contribution is 6.31. The maximum Gasteiger partial charge on any atom is 0.262 e. The lowest BCUT2D eigenvalue weighted by Gasteiger charge is -2.12. The first kappa shape index (κ1) is 18.9. The highest BCUT2D eigenvalue weighted by Gasteiger charge is 2.29. The van der Waals surface area contributed by atoms with Crippen LogP contribution in [0, 0.1) is 12.7 Å². The molecule has 0 fully saturated rings. The maximum atomic E-state index is 14.8.